The molecule has 1 saturated heterocycles. The number of nitrogens with one attached hydrogen (secondary N) is 1. The molecule has 5 rings (SSSR count). The van der Waals surface area contributed by atoms with Gasteiger partial charge in [-0.1, -0.05) is 0 Å². The highest BCUT2D eigenvalue weighted by Crippen LogP contribution is 2.21. The van der Waals surface area contributed by atoms with E-state index >= 15 is 0 Å². The number of aromatic nitrogens is 5. The van der Waals surface area contributed by atoms with Crippen LogP contribution in [0.2, 0.25) is 0 Å². The predicted molar refractivity (Wildman–Crippen MR) is 119 cm³/mol. The number of carbonyl (C=O) groups is 1. The number of carbonyl (C=O) groups excluding carboxylic acids is 1. The minimum atomic E-state index is -0.523. The highest BCUT2D eigenvalue weighted by Gasteiger charge is 2.17. The van der Waals surface area contributed by atoms with Crippen LogP contribution in [-0.4, -0.2) is 68.8 Å². The van der Waals surface area contributed by atoms with E-state index in [1.54, 1.807) is 25.3 Å². The number of hydrogen-bond donors (Lipinski definition) is 1. The van der Waals surface area contributed by atoms with Gasteiger partial charge in [0.15, 0.2) is 6.29 Å². The van der Waals surface area contributed by atoms with Crippen molar-refractivity contribution in [2.75, 3.05) is 38.1 Å². The summed E-state index contributed by atoms with van der Waals surface area (Å²) in [6.45, 7) is 5.14. The maximum absolute atomic E-state index is 13.4. The molecular weight excluding hydrogens is 432 g/mol. The number of nitrogens with zero attached hydrogens (tertiary/aromatic N) is 6. The van der Waals surface area contributed by atoms with Crippen LogP contribution in [-0.2, 0) is 0 Å². The van der Waals surface area contributed by atoms with Crippen LogP contribution in [0.5, 0.6) is 0 Å². The van der Waals surface area contributed by atoms with Crippen LogP contribution in [0.15, 0.2) is 47.5 Å². The molecule has 1 aromatic carbocycles. The van der Waals surface area contributed by atoms with Gasteiger partial charge in [0, 0.05) is 38.4 Å². The molecule has 9 nitrogen and oxygen atoms in total. The highest BCUT2D eigenvalue weighted by molar-refractivity contribution is 5.76. The van der Waals surface area contributed by atoms with E-state index in [1.165, 1.54) is 27.5 Å². The van der Waals surface area contributed by atoms with Gasteiger partial charge in [0.1, 0.15) is 17.2 Å². The number of fused-ring (bicyclic) bond motifs is 1. The molecule has 1 aliphatic heterocycles. The first kappa shape index (κ1) is 22.3. The quantitative estimate of drug-likeness (QED) is 0.476. The van der Waals surface area contributed by atoms with Crippen molar-refractivity contribution in [2.24, 2.45) is 0 Å². The number of likely N-dealkylation sites (N-methyl/N-ethyl adjacent to an activating group) is 1. The molecule has 3 aromatic heterocycles. The van der Waals surface area contributed by atoms with Gasteiger partial charge in [-0.15, -0.1) is 5.10 Å². The van der Waals surface area contributed by atoms with E-state index in [2.05, 4.69) is 20.1 Å². The highest BCUT2D eigenvalue weighted by atomic mass is 19.1. The molecule has 0 spiro atoms. The van der Waals surface area contributed by atoms with Crippen LogP contribution in [0.3, 0.4) is 0 Å². The largest absolute Gasteiger partial charge is 0.367 e. The number of aromatic amines is 1. The molecule has 172 valence electrons. The molecule has 33 heavy (non-hydrogen) atoms. The summed E-state index contributed by atoms with van der Waals surface area (Å²) in [4.78, 5) is 29.3. The maximum Gasteiger partial charge on any atom is 0.276 e. The van der Waals surface area contributed by atoms with E-state index in [4.69, 9.17) is 0 Å². The van der Waals surface area contributed by atoms with Crippen molar-refractivity contribution in [1.82, 2.24) is 29.3 Å². The maximum atomic E-state index is 13.4. The average Bonchev–Trinajstić information content (AvgIpc) is 3.41. The molecule has 0 amide bonds. The number of benzene rings is 1. The minimum Gasteiger partial charge on any atom is -0.367 e. The van der Waals surface area contributed by atoms with Gasteiger partial charge in [-0.25, -0.2) is 18.0 Å². The number of piperazine rings is 1. The van der Waals surface area contributed by atoms with Crippen molar-refractivity contribution in [1.29, 1.82) is 0 Å². The zero-order chi connectivity index (χ0) is 23.5. The summed E-state index contributed by atoms with van der Waals surface area (Å²) in [7, 11) is 2.04. The third-order valence-electron chi connectivity index (χ3n) is 5.52. The molecular formula is C22H23F2N7O2. The third-order valence-corrected chi connectivity index (χ3v) is 5.52. The lowest BCUT2D eigenvalue weighted by molar-refractivity contribution is 0.112. The Balaban J connectivity index is 0.000000160. The lowest BCUT2D eigenvalue weighted by Crippen LogP contribution is -2.44. The molecule has 1 aliphatic rings. The Morgan fingerprint density at radius 3 is 2.55 bits per heavy atom. The van der Waals surface area contributed by atoms with Crippen LogP contribution in [0.4, 0.5) is 14.5 Å². The number of aldehydes is 1. The Bertz CT molecular complexity index is 1340. The zero-order valence-electron chi connectivity index (χ0n) is 18.2. The average molecular weight is 455 g/mol. The van der Waals surface area contributed by atoms with Crippen molar-refractivity contribution in [2.45, 2.75) is 6.92 Å². The minimum absolute atomic E-state index is 0.257. The molecule has 11 heteroatoms. The van der Waals surface area contributed by atoms with Gasteiger partial charge in [0.2, 0.25) is 5.95 Å². The summed E-state index contributed by atoms with van der Waals surface area (Å²) in [6, 6.07) is 7.15. The lowest BCUT2D eigenvalue weighted by Gasteiger charge is -2.34. The fourth-order valence-corrected chi connectivity index (χ4v) is 3.56. The Labute approximate surface area is 187 Å². The summed E-state index contributed by atoms with van der Waals surface area (Å²) in [5, 5.41) is 8.25. The summed E-state index contributed by atoms with van der Waals surface area (Å²) in [6.07, 6.45) is 3.82. The van der Waals surface area contributed by atoms with Gasteiger partial charge in [0.05, 0.1) is 23.1 Å². The Kier molecular flexibility index (Phi) is 6.31. The van der Waals surface area contributed by atoms with Crippen molar-refractivity contribution in [3.05, 3.63) is 76.0 Å². The lowest BCUT2D eigenvalue weighted by atomic mass is 10.2. The van der Waals surface area contributed by atoms with Gasteiger partial charge in [-0.05, 0) is 38.2 Å². The first-order valence-corrected chi connectivity index (χ1v) is 10.3. The number of anilines is 1. The normalized spacial score (nSPS) is 14.2. The third kappa shape index (κ3) is 4.67. The summed E-state index contributed by atoms with van der Waals surface area (Å²) >= 11 is 0. The van der Waals surface area contributed by atoms with Gasteiger partial charge in [0.25, 0.3) is 5.56 Å². The molecule has 0 saturated carbocycles. The van der Waals surface area contributed by atoms with Gasteiger partial charge >= 0.3 is 0 Å². The van der Waals surface area contributed by atoms with E-state index in [1.807, 2.05) is 11.9 Å². The van der Waals surface area contributed by atoms with E-state index in [9.17, 15) is 18.4 Å². The van der Waals surface area contributed by atoms with Crippen molar-refractivity contribution in [3.63, 3.8) is 0 Å². The molecule has 0 unspecified atom stereocenters. The second kappa shape index (κ2) is 9.33. The molecule has 0 radical (unpaired) electrons. The van der Waals surface area contributed by atoms with Crippen LogP contribution in [0, 0.1) is 18.6 Å². The monoisotopic (exact) mass is 455 g/mol. The van der Waals surface area contributed by atoms with Gasteiger partial charge in [-0.2, -0.15) is 5.10 Å². The first-order valence-electron chi connectivity index (χ1n) is 10.3. The second-order valence-electron chi connectivity index (χ2n) is 7.72. The van der Waals surface area contributed by atoms with Crippen molar-refractivity contribution in [3.8, 4) is 5.95 Å². The molecule has 0 aliphatic carbocycles. The first-order chi connectivity index (χ1) is 15.9. The topological polar surface area (TPSA) is 91.5 Å². The van der Waals surface area contributed by atoms with E-state index in [0.29, 0.717) is 28.7 Å². The molecule has 1 N–H and O–H groups in total. The summed E-state index contributed by atoms with van der Waals surface area (Å²) < 4.78 is 29.0. The summed E-state index contributed by atoms with van der Waals surface area (Å²) in [5.41, 5.74) is 1.79. The number of H-pyrrole nitrogens is 1. The molecule has 0 bridgehead atoms. The van der Waals surface area contributed by atoms with Crippen LogP contribution in [0.1, 0.15) is 16.1 Å². The molecule has 0 atom stereocenters. The Morgan fingerprint density at radius 1 is 1.12 bits per heavy atom. The standard InChI is InChI=1S/C11H14F2N2.C11H9N5O2/c1-14-4-6-15(7-5-14)11-3-2-9(12)8-10(11)13;1-7-8(6-17)5-12-16(7)11-13-10(18)9-3-2-4-15(9)14-11/h2-3,8H,4-7H2,1H3;2-6H,1H3,(H,13,14,18). The van der Waals surface area contributed by atoms with Crippen LogP contribution >= 0.6 is 0 Å². The fourth-order valence-electron chi connectivity index (χ4n) is 3.56. The smallest absolute Gasteiger partial charge is 0.276 e. The summed E-state index contributed by atoms with van der Waals surface area (Å²) in [5.74, 6) is -0.723. The molecule has 4 heterocycles. The van der Waals surface area contributed by atoms with E-state index in [0.717, 1.165) is 32.2 Å². The van der Waals surface area contributed by atoms with E-state index in [-0.39, 0.29) is 11.5 Å². The second-order valence-corrected chi connectivity index (χ2v) is 7.72. The van der Waals surface area contributed by atoms with Gasteiger partial charge in [-0.3, -0.25) is 14.6 Å². The van der Waals surface area contributed by atoms with Crippen LogP contribution in [0.25, 0.3) is 11.5 Å². The van der Waals surface area contributed by atoms with Crippen LogP contribution < -0.4 is 10.5 Å². The fraction of sp³-hybridized carbons (Fsp3) is 0.273. The molecule has 1 fully saturated rings. The number of halogens is 2. The van der Waals surface area contributed by atoms with E-state index < -0.39 is 11.6 Å². The van der Waals surface area contributed by atoms with Crippen molar-refractivity contribution < 1.29 is 13.6 Å². The number of hydrogen-bond acceptors (Lipinski definition) is 6. The zero-order valence-corrected chi connectivity index (χ0v) is 18.2. The molecule has 4 aromatic rings. The SMILES string of the molecule is CN1CCN(c2ccc(F)cc2F)CC1.Cc1c(C=O)cnn1-c1nn2cccc2c(=O)[nH]1. The van der Waals surface area contributed by atoms with Crippen molar-refractivity contribution >= 4 is 17.5 Å². The number of rotatable bonds is 3. The Hall–Kier alpha value is -3.86. The predicted octanol–water partition coefficient (Wildman–Crippen LogP) is 2.05. The van der Waals surface area contributed by atoms with Gasteiger partial charge < -0.3 is 9.80 Å². The Morgan fingerprint density at radius 2 is 1.88 bits per heavy atom.